The van der Waals surface area contributed by atoms with Crippen molar-refractivity contribution in [1.29, 1.82) is 5.26 Å². The van der Waals surface area contributed by atoms with Crippen molar-refractivity contribution < 1.29 is 52.6 Å². The first kappa shape index (κ1) is 36.0. The van der Waals surface area contributed by atoms with E-state index in [0.29, 0.717) is 13.2 Å². The standard InChI is InChI=1S/C30H32F3NO9S2/c1-7-39-15-18(5)42-44(35,36)21-9-10-23-20(11-21)12-22(45(37,38)43-19(6)16-40-8-2)13-25(23)41-30-26(17(3)4)27(31)24(14-34)28(32)29(30)33/h9-13,18-19H,3,7-8,15-16H2,1-2,4-6H3. The second kappa shape index (κ2) is 14.7. The van der Waals surface area contributed by atoms with E-state index in [-0.39, 0.29) is 34.5 Å². The van der Waals surface area contributed by atoms with Crippen LogP contribution in [0.1, 0.15) is 45.7 Å². The topological polar surface area (TPSA) is 138 Å². The molecule has 15 heteroatoms. The van der Waals surface area contributed by atoms with Crippen LogP contribution < -0.4 is 4.74 Å². The van der Waals surface area contributed by atoms with Crippen LogP contribution in [0, 0.1) is 28.8 Å². The number of nitrogens with zero attached hydrogens (tertiary/aromatic N) is 1. The number of rotatable bonds is 15. The molecule has 3 aromatic carbocycles. The summed E-state index contributed by atoms with van der Waals surface area (Å²) in [5, 5.41) is 9.14. The van der Waals surface area contributed by atoms with Gasteiger partial charge in [-0.25, -0.2) is 8.78 Å². The minimum Gasteiger partial charge on any atom is -0.453 e. The van der Waals surface area contributed by atoms with Crippen LogP contribution >= 0.6 is 0 Å². The summed E-state index contributed by atoms with van der Waals surface area (Å²) in [6.45, 7) is 11.7. The summed E-state index contributed by atoms with van der Waals surface area (Å²) < 4.78 is 124. The summed E-state index contributed by atoms with van der Waals surface area (Å²) in [7, 11) is -8.99. The van der Waals surface area contributed by atoms with Gasteiger partial charge in [-0.05, 0) is 69.8 Å². The molecule has 0 aliphatic heterocycles. The zero-order valence-electron chi connectivity index (χ0n) is 25.1. The molecule has 0 aliphatic carbocycles. The van der Waals surface area contributed by atoms with Gasteiger partial charge in [-0.3, -0.25) is 8.37 Å². The zero-order valence-corrected chi connectivity index (χ0v) is 26.8. The maximum Gasteiger partial charge on any atom is 0.297 e. The number of halogens is 3. The van der Waals surface area contributed by atoms with Gasteiger partial charge in [0, 0.05) is 24.7 Å². The van der Waals surface area contributed by atoms with Crippen LogP contribution in [0.4, 0.5) is 13.2 Å². The first-order valence-electron chi connectivity index (χ1n) is 13.6. The number of ether oxygens (including phenoxy) is 3. The van der Waals surface area contributed by atoms with Crippen molar-refractivity contribution in [2.24, 2.45) is 0 Å². The number of nitriles is 1. The Balaban J connectivity index is 2.27. The van der Waals surface area contributed by atoms with Crippen LogP contribution in [0.2, 0.25) is 0 Å². The average Bonchev–Trinajstić information content (AvgIpc) is 2.96. The van der Waals surface area contributed by atoms with Crippen molar-refractivity contribution in [2.45, 2.75) is 56.6 Å². The summed E-state index contributed by atoms with van der Waals surface area (Å²) in [4.78, 5) is -0.922. The molecule has 0 fully saturated rings. The van der Waals surface area contributed by atoms with Gasteiger partial charge < -0.3 is 14.2 Å². The number of hydrogen-bond acceptors (Lipinski definition) is 10. The Hall–Kier alpha value is -3.52. The third-order valence-corrected chi connectivity index (χ3v) is 8.97. The maximum atomic E-state index is 15.3. The van der Waals surface area contributed by atoms with E-state index in [2.05, 4.69) is 6.58 Å². The predicted molar refractivity (Wildman–Crippen MR) is 158 cm³/mol. The van der Waals surface area contributed by atoms with Crippen LogP contribution in [0.5, 0.6) is 11.5 Å². The Bertz CT molecular complexity index is 1850. The smallest absolute Gasteiger partial charge is 0.297 e. The highest BCUT2D eigenvalue weighted by Gasteiger charge is 2.29. The molecule has 0 bridgehead atoms. The van der Waals surface area contributed by atoms with Crippen molar-refractivity contribution in [1.82, 2.24) is 0 Å². The van der Waals surface area contributed by atoms with Crippen molar-refractivity contribution in [3.63, 3.8) is 0 Å². The molecule has 10 nitrogen and oxygen atoms in total. The summed E-state index contributed by atoms with van der Waals surface area (Å²) >= 11 is 0. The van der Waals surface area contributed by atoms with Crippen molar-refractivity contribution >= 4 is 36.6 Å². The Labute approximate surface area is 260 Å². The SMILES string of the molecule is C=C(C)c1c(F)c(C#N)c(F)c(F)c1Oc1cc(S(=O)(=O)OC(C)COCC)cc2cc(S(=O)(=O)OC(C)COCC)ccc12. The first-order valence-corrected chi connectivity index (χ1v) is 16.4. The van der Waals surface area contributed by atoms with E-state index in [0.717, 1.165) is 24.3 Å². The average molecular weight is 672 g/mol. The molecule has 0 amide bonds. The first-order chi connectivity index (χ1) is 21.1. The van der Waals surface area contributed by atoms with Gasteiger partial charge in [0.15, 0.2) is 17.4 Å². The molecule has 0 saturated heterocycles. The van der Waals surface area contributed by atoms with Gasteiger partial charge in [0.2, 0.25) is 5.82 Å². The van der Waals surface area contributed by atoms with E-state index in [1.54, 1.807) is 13.8 Å². The fourth-order valence-corrected chi connectivity index (χ4v) is 6.39. The minimum absolute atomic E-state index is 0.0186. The second-order valence-corrected chi connectivity index (χ2v) is 13.0. The fraction of sp³-hybridized carbons (Fsp3) is 0.367. The minimum atomic E-state index is -4.60. The van der Waals surface area contributed by atoms with Crippen molar-refractivity contribution in [2.75, 3.05) is 26.4 Å². The molecule has 0 aromatic heterocycles. The van der Waals surface area contributed by atoms with Crippen LogP contribution in [0.3, 0.4) is 0 Å². The fourth-order valence-electron chi connectivity index (χ4n) is 4.16. The normalized spacial score (nSPS) is 13.4. The summed E-state index contributed by atoms with van der Waals surface area (Å²) in [5.41, 5.74) is -2.00. The van der Waals surface area contributed by atoms with E-state index < -0.39 is 77.4 Å². The molecule has 0 saturated carbocycles. The molecule has 2 atom stereocenters. The molecule has 0 N–H and O–H groups in total. The monoisotopic (exact) mass is 671 g/mol. The molecule has 3 aromatic rings. The van der Waals surface area contributed by atoms with Crippen LogP contribution in [-0.4, -0.2) is 55.5 Å². The molecular formula is C30H32F3NO9S2. The molecule has 3 rings (SSSR count). The second-order valence-electron chi connectivity index (χ2n) is 9.86. The highest BCUT2D eigenvalue weighted by Crippen LogP contribution is 2.41. The zero-order chi connectivity index (χ0) is 33.7. The van der Waals surface area contributed by atoms with Crippen molar-refractivity contribution in [3.8, 4) is 17.6 Å². The molecule has 0 heterocycles. The van der Waals surface area contributed by atoms with Gasteiger partial charge in [0.05, 0.1) is 40.8 Å². The predicted octanol–water partition coefficient (Wildman–Crippen LogP) is 6.21. The van der Waals surface area contributed by atoms with Gasteiger partial charge in [0.25, 0.3) is 20.2 Å². The van der Waals surface area contributed by atoms with E-state index in [4.69, 9.17) is 27.8 Å². The third kappa shape index (κ3) is 8.20. The Morgan fingerprint density at radius 3 is 1.91 bits per heavy atom. The summed E-state index contributed by atoms with van der Waals surface area (Å²) in [6, 6.07) is 6.71. The van der Waals surface area contributed by atoms with Gasteiger partial charge in [0.1, 0.15) is 17.4 Å². The number of allylic oxidation sites excluding steroid dienone is 1. The number of fused-ring (bicyclic) bond motifs is 1. The molecule has 0 radical (unpaired) electrons. The van der Waals surface area contributed by atoms with E-state index in [9.17, 15) is 21.2 Å². The Kier molecular flexibility index (Phi) is 11.8. The largest absolute Gasteiger partial charge is 0.453 e. The van der Waals surface area contributed by atoms with Gasteiger partial charge in [-0.2, -0.15) is 26.5 Å². The highest BCUT2D eigenvalue weighted by atomic mass is 32.2. The Morgan fingerprint density at radius 1 is 0.867 bits per heavy atom. The lowest BCUT2D eigenvalue weighted by atomic mass is 10.0. The molecule has 0 aliphatic rings. The lowest BCUT2D eigenvalue weighted by molar-refractivity contribution is 0.0689. The number of benzene rings is 3. The van der Waals surface area contributed by atoms with Gasteiger partial charge in [-0.15, -0.1) is 0 Å². The maximum absolute atomic E-state index is 15.3. The molecule has 2 unspecified atom stereocenters. The molecule has 0 spiro atoms. The van der Waals surface area contributed by atoms with Gasteiger partial charge >= 0.3 is 0 Å². The van der Waals surface area contributed by atoms with Gasteiger partial charge in [-0.1, -0.05) is 6.58 Å². The summed E-state index contributed by atoms with van der Waals surface area (Å²) in [6.07, 6.45) is -1.81. The molecule has 244 valence electrons. The van der Waals surface area contributed by atoms with E-state index >= 15 is 8.78 Å². The van der Waals surface area contributed by atoms with Crippen LogP contribution in [-0.2, 0) is 38.1 Å². The highest BCUT2D eigenvalue weighted by molar-refractivity contribution is 7.87. The van der Waals surface area contributed by atoms with E-state index in [1.165, 1.54) is 32.9 Å². The van der Waals surface area contributed by atoms with E-state index in [1.807, 2.05) is 0 Å². The summed E-state index contributed by atoms with van der Waals surface area (Å²) in [5.74, 6) is -6.45. The van der Waals surface area contributed by atoms with Crippen molar-refractivity contribution in [3.05, 3.63) is 65.5 Å². The molecule has 45 heavy (non-hydrogen) atoms. The van der Waals surface area contributed by atoms with Crippen LogP contribution in [0.15, 0.2) is 46.7 Å². The lowest BCUT2D eigenvalue weighted by Crippen LogP contribution is -2.21. The quantitative estimate of drug-likeness (QED) is 0.135. The Morgan fingerprint density at radius 2 is 1.40 bits per heavy atom. The molecular weight excluding hydrogens is 639 g/mol. The van der Waals surface area contributed by atoms with Crippen LogP contribution in [0.25, 0.3) is 16.3 Å². The lowest BCUT2D eigenvalue weighted by Gasteiger charge is -2.18. The third-order valence-electron chi connectivity index (χ3n) is 6.16. The number of hydrogen-bond donors (Lipinski definition) is 0.